The summed E-state index contributed by atoms with van der Waals surface area (Å²) in [5.41, 5.74) is 8.01. The molecule has 8 heteroatoms. The molecule has 0 bridgehead atoms. The number of benzene rings is 4. The van der Waals surface area contributed by atoms with Gasteiger partial charge in [-0.2, -0.15) is 0 Å². The van der Waals surface area contributed by atoms with Gasteiger partial charge in [0, 0.05) is 11.1 Å². The van der Waals surface area contributed by atoms with Gasteiger partial charge in [0.15, 0.2) is 0 Å². The van der Waals surface area contributed by atoms with Crippen LogP contribution in [0.25, 0.3) is 0 Å². The highest BCUT2D eigenvalue weighted by Crippen LogP contribution is 2.24. The number of nitrogens with one attached hydrogen (secondary N) is 2. The van der Waals surface area contributed by atoms with Crippen molar-refractivity contribution in [2.45, 2.75) is 13.2 Å². The van der Waals surface area contributed by atoms with E-state index >= 15 is 0 Å². The number of nitrogens with two attached hydrogens (primary N) is 2. The minimum atomic E-state index is -0.471. The van der Waals surface area contributed by atoms with Crippen molar-refractivity contribution in [1.82, 2.24) is 10.9 Å². The highest BCUT2D eigenvalue weighted by atomic mass is 16.5. The highest BCUT2D eigenvalue weighted by molar-refractivity contribution is 5.97. The van der Waals surface area contributed by atoms with Gasteiger partial charge in [0.25, 0.3) is 11.8 Å². The molecule has 4 aromatic carbocycles. The second kappa shape index (κ2) is 12.7. The second-order valence-corrected chi connectivity index (χ2v) is 8.17. The summed E-state index contributed by atoms with van der Waals surface area (Å²) in [4.78, 5) is 24.5. The van der Waals surface area contributed by atoms with E-state index in [1.54, 1.807) is 36.4 Å². The van der Waals surface area contributed by atoms with Crippen LogP contribution in [0.2, 0.25) is 0 Å². The van der Waals surface area contributed by atoms with Crippen molar-refractivity contribution >= 4 is 11.8 Å². The van der Waals surface area contributed by atoms with Gasteiger partial charge >= 0.3 is 0 Å². The molecule has 0 saturated heterocycles. The molecule has 2 amide bonds. The van der Waals surface area contributed by atoms with Gasteiger partial charge in [0.05, 0.1) is 11.1 Å². The molecule has 0 atom stereocenters. The quantitative estimate of drug-likeness (QED) is 0.125. The topological polar surface area (TPSA) is 129 Å². The van der Waals surface area contributed by atoms with Crippen molar-refractivity contribution in [2.75, 3.05) is 0 Å². The van der Waals surface area contributed by atoms with Crippen molar-refractivity contribution in [1.29, 1.82) is 0 Å². The van der Waals surface area contributed by atoms with E-state index < -0.39 is 11.8 Å². The molecule has 0 aromatic heterocycles. The van der Waals surface area contributed by atoms with Crippen molar-refractivity contribution in [2.24, 2.45) is 11.7 Å². The second-order valence-electron chi connectivity index (χ2n) is 8.17. The van der Waals surface area contributed by atoms with Crippen molar-refractivity contribution in [3.05, 3.63) is 130 Å². The van der Waals surface area contributed by atoms with Crippen LogP contribution < -0.4 is 32.0 Å². The van der Waals surface area contributed by atoms with Gasteiger partial charge in [0.1, 0.15) is 24.7 Å². The van der Waals surface area contributed by atoms with Crippen LogP contribution in [0.1, 0.15) is 43.0 Å². The molecule has 0 aliphatic carbocycles. The Morgan fingerprint density at radius 3 is 1.37 bits per heavy atom. The summed E-state index contributed by atoms with van der Waals surface area (Å²) in [7, 11) is 0. The molecule has 0 aliphatic rings. The Kier molecular flexibility index (Phi) is 8.71. The highest BCUT2D eigenvalue weighted by Gasteiger charge is 2.14. The minimum absolute atomic E-state index is 0.273. The molecule has 8 nitrogen and oxygen atoms in total. The fraction of sp³-hybridized carbons (Fsp3) is 0.0667. The van der Waals surface area contributed by atoms with Gasteiger partial charge in [-0.1, -0.05) is 72.5 Å². The Morgan fingerprint density at radius 2 is 1.00 bits per heavy atom. The predicted molar refractivity (Wildman–Crippen MR) is 144 cm³/mol. The van der Waals surface area contributed by atoms with E-state index in [-0.39, 0.29) is 13.2 Å². The first-order valence-electron chi connectivity index (χ1n) is 11.7. The van der Waals surface area contributed by atoms with Crippen LogP contribution in [0.5, 0.6) is 11.5 Å². The Hall–Kier alpha value is -5.10. The lowest BCUT2D eigenvalue weighted by Crippen LogP contribution is -2.30. The van der Waals surface area contributed by atoms with Gasteiger partial charge in [-0.05, 0) is 47.5 Å². The molecule has 0 aliphatic heterocycles. The van der Waals surface area contributed by atoms with E-state index in [0.717, 1.165) is 11.1 Å². The maximum absolute atomic E-state index is 12.2. The summed E-state index contributed by atoms with van der Waals surface area (Å²) in [6, 6.07) is 29.2. The van der Waals surface area contributed by atoms with Gasteiger partial charge in [-0.25, -0.2) is 11.7 Å². The van der Waals surface area contributed by atoms with Gasteiger partial charge in [0.2, 0.25) is 0 Å². The van der Waals surface area contributed by atoms with Crippen LogP contribution in [0, 0.1) is 11.8 Å². The zero-order valence-corrected chi connectivity index (χ0v) is 20.4. The van der Waals surface area contributed by atoms with E-state index in [4.69, 9.17) is 21.2 Å². The molecule has 6 N–H and O–H groups in total. The summed E-state index contributed by atoms with van der Waals surface area (Å²) in [6.45, 7) is 0.546. The molecule has 0 unspecified atom stereocenters. The number of carbonyl (C=O) groups excluding carboxylic acids is 2. The predicted octanol–water partition coefficient (Wildman–Crippen LogP) is 3.45. The number of ether oxygens (including phenoxy) is 2. The minimum Gasteiger partial charge on any atom is -0.488 e. The summed E-state index contributed by atoms with van der Waals surface area (Å²) in [5.74, 6) is 16.6. The smallest absolute Gasteiger partial charge is 0.268 e. The molecule has 0 saturated carbocycles. The van der Waals surface area contributed by atoms with E-state index in [1.807, 2.05) is 60.7 Å². The van der Waals surface area contributed by atoms with E-state index in [2.05, 4.69) is 22.7 Å². The molecule has 4 rings (SSSR count). The monoisotopic (exact) mass is 506 g/mol. The Labute approximate surface area is 220 Å². The number of hydrogen-bond donors (Lipinski definition) is 4. The van der Waals surface area contributed by atoms with E-state index in [1.165, 1.54) is 0 Å². The number of rotatable bonds is 8. The van der Waals surface area contributed by atoms with E-state index in [9.17, 15) is 9.59 Å². The number of hydrogen-bond acceptors (Lipinski definition) is 6. The normalized spacial score (nSPS) is 10.1. The molecule has 190 valence electrons. The number of nitrogen functional groups attached to an aromatic ring is 2. The molecule has 0 spiro atoms. The maximum Gasteiger partial charge on any atom is 0.268 e. The van der Waals surface area contributed by atoms with Crippen LogP contribution >= 0.6 is 0 Å². The lowest BCUT2D eigenvalue weighted by molar-refractivity contribution is 0.0941. The van der Waals surface area contributed by atoms with Gasteiger partial charge in [-0.3, -0.25) is 20.4 Å². The zero-order valence-electron chi connectivity index (χ0n) is 20.4. The van der Waals surface area contributed by atoms with Gasteiger partial charge in [-0.15, -0.1) is 0 Å². The number of amides is 2. The zero-order chi connectivity index (χ0) is 26.7. The van der Waals surface area contributed by atoms with Gasteiger partial charge < -0.3 is 9.47 Å². The number of hydrazine groups is 2. The number of carbonyl (C=O) groups is 2. The average molecular weight is 507 g/mol. The maximum atomic E-state index is 12.2. The van der Waals surface area contributed by atoms with Crippen molar-refractivity contribution in [3.63, 3.8) is 0 Å². The van der Waals surface area contributed by atoms with Crippen molar-refractivity contribution < 1.29 is 19.1 Å². The van der Waals surface area contributed by atoms with Crippen LogP contribution in [0.15, 0.2) is 97.1 Å². The SMILES string of the molecule is NNC(=O)c1ccc(C#Cc2ccc(C(=O)NN)c(OCc3ccccc3)c2)cc1OCc1ccccc1. The summed E-state index contributed by atoms with van der Waals surface area (Å²) >= 11 is 0. The standard InChI is InChI=1S/C30H26N4O4/c31-33-29(35)25-15-13-21(17-27(25)37-19-23-7-3-1-4-8-23)11-12-22-14-16-26(30(36)34-32)28(18-22)38-20-24-9-5-2-6-10-24/h1-10,13-18H,19-20,31-32H2,(H,33,35)(H,34,36). The average Bonchev–Trinajstić information content (AvgIpc) is 2.98. The third-order valence-electron chi connectivity index (χ3n) is 5.54. The van der Waals surface area contributed by atoms with Crippen LogP contribution in [0.3, 0.4) is 0 Å². The lowest BCUT2D eigenvalue weighted by atomic mass is 10.1. The third kappa shape index (κ3) is 6.77. The first-order chi connectivity index (χ1) is 18.6. The summed E-state index contributed by atoms with van der Waals surface area (Å²) in [5, 5.41) is 0. The Bertz CT molecular complexity index is 1370. The van der Waals surface area contributed by atoms with Crippen LogP contribution in [-0.4, -0.2) is 11.8 Å². The molecular weight excluding hydrogens is 480 g/mol. The summed E-state index contributed by atoms with van der Waals surface area (Å²) < 4.78 is 11.9. The van der Waals surface area contributed by atoms with Crippen LogP contribution in [-0.2, 0) is 13.2 Å². The molecule has 0 fully saturated rings. The van der Waals surface area contributed by atoms with Crippen LogP contribution in [0.4, 0.5) is 0 Å². The molecule has 0 heterocycles. The molecule has 0 radical (unpaired) electrons. The lowest BCUT2D eigenvalue weighted by Gasteiger charge is -2.12. The third-order valence-corrected chi connectivity index (χ3v) is 5.54. The Balaban J connectivity index is 1.59. The summed E-state index contributed by atoms with van der Waals surface area (Å²) in [6.07, 6.45) is 0. The van der Waals surface area contributed by atoms with Crippen molar-refractivity contribution in [3.8, 4) is 23.3 Å². The molecule has 38 heavy (non-hydrogen) atoms. The first-order valence-corrected chi connectivity index (χ1v) is 11.7. The fourth-order valence-electron chi connectivity index (χ4n) is 3.58. The Morgan fingerprint density at radius 1 is 0.605 bits per heavy atom. The van der Waals surface area contributed by atoms with E-state index in [0.29, 0.717) is 33.8 Å². The largest absolute Gasteiger partial charge is 0.488 e. The molecular formula is C30H26N4O4. The molecule has 4 aromatic rings. The fourth-order valence-corrected chi connectivity index (χ4v) is 3.58. The first kappa shape index (κ1) is 26.0.